The minimum Gasteiger partial charge on any atom is -0.384 e. The van der Waals surface area contributed by atoms with Crippen LogP contribution in [0.5, 0.6) is 0 Å². The minimum absolute atomic E-state index is 0.497. The van der Waals surface area contributed by atoms with E-state index in [1.54, 1.807) is 6.07 Å². The minimum atomic E-state index is 0.497. The van der Waals surface area contributed by atoms with Crippen LogP contribution in [0.2, 0.25) is 5.02 Å². The van der Waals surface area contributed by atoms with Gasteiger partial charge in [0.1, 0.15) is 11.6 Å². The van der Waals surface area contributed by atoms with E-state index in [1.807, 2.05) is 31.2 Å². The molecule has 4 heteroatoms. The van der Waals surface area contributed by atoms with Gasteiger partial charge in [-0.1, -0.05) is 30.7 Å². The van der Waals surface area contributed by atoms with Gasteiger partial charge in [0, 0.05) is 23.1 Å². The molecule has 1 aromatic heterocycles. The van der Waals surface area contributed by atoms with Gasteiger partial charge in [0.2, 0.25) is 0 Å². The monoisotopic (exact) mass is 233 g/mol. The second-order valence-electron chi connectivity index (χ2n) is 3.45. The number of hydrogen-bond donors (Lipinski definition) is 1. The Bertz CT molecular complexity index is 494. The first-order chi connectivity index (χ1) is 7.69. The molecule has 0 atom stereocenters. The molecule has 3 nitrogen and oxygen atoms in total. The third-order valence-electron chi connectivity index (χ3n) is 2.25. The summed E-state index contributed by atoms with van der Waals surface area (Å²) in [5, 5.41) is 0.710. The molecular formula is C12H12ClN3. The van der Waals surface area contributed by atoms with E-state index >= 15 is 0 Å². The zero-order chi connectivity index (χ0) is 11.5. The highest BCUT2D eigenvalue weighted by molar-refractivity contribution is 6.30. The molecule has 0 bridgehead atoms. The van der Waals surface area contributed by atoms with Gasteiger partial charge >= 0.3 is 0 Å². The van der Waals surface area contributed by atoms with E-state index in [2.05, 4.69) is 9.97 Å². The van der Waals surface area contributed by atoms with Gasteiger partial charge in [0.25, 0.3) is 0 Å². The predicted octanol–water partition coefficient (Wildman–Crippen LogP) is 2.94. The van der Waals surface area contributed by atoms with Gasteiger partial charge in [-0.2, -0.15) is 0 Å². The summed E-state index contributed by atoms with van der Waals surface area (Å²) >= 11 is 5.83. The molecule has 2 rings (SSSR count). The fourth-order valence-electron chi connectivity index (χ4n) is 1.44. The van der Waals surface area contributed by atoms with Crippen molar-refractivity contribution in [2.24, 2.45) is 0 Å². The molecule has 0 saturated heterocycles. The molecule has 0 aliphatic carbocycles. The van der Waals surface area contributed by atoms with Gasteiger partial charge < -0.3 is 5.73 Å². The zero-order valence-electron chi connectivity index (χ0n) is 8.94. The SMILES string of the molecule is CCc1nc(N)cc(-c2ccc(Cl)cc2)n1. The van der Waals surface area contributed by atoms with Crippen LogP contribution in [0.4, 0.5) is 5.82 Å². The Morgan fingerprint density at radius 2 is 1.88 bits per heavy atom. The molecule has 2 N–H and O–H groups in total. The van der Waals surface area contributed by atoms with Crippen molar-refractivity contribution in [3.63, 3.8) is 0 Å². The zero-order valence-corrected chi connectivity index (χ0v) is 9.70. The Kier molecular flexibility index (Phi) is 3.06. The lowest BCUT2D eigenvalue weighted by molar-refractivity contribution is 0.949. The largest absolute Gasteiger partial charge is 0.384 e. The quantitative estimate of drug-likeness (QED) is 0.868. The van der Waals surface area contributed by atoms with Gasteiger partial charge in [-0.3, -0.25) is 0 Å². The molecule has 0 aliphatic rings. The molecule has 16 heavy (non-hydrogen) atoms. The Hall–Kier alpha value is -1.61. The van der Waals surface area contributed by atoms with E-state index in [9.17, 15) is 0 Å². The van der Waals surface area contributed by atoms with Crippen molar-refractivity contribution in [3.8, 4) is 11.3 Å². The number of aromatic nitrogens is 2. The maximum absolute atomic E-state index is 5.83. The second-order valence-corrected chi connectivity index (χ2v) is 3.89. The molecule has 0 radical (unpaired) electrons. The molecule has 2 aromatic rings. The average Bonchev–Trinajstić information content (AvgIpc) is 2.29. The lowest BCUT2D eigenvalue weighted by Gasteiger charge is -2.04. The van der Waals surface area contributed by atoms with Crippen LogP contribution in [0.1, 0.15) is 12.7 Å². The van der Waals surface area contributed by atoms with Crippen molar-refractivity contribution in [3.05, 3.63) is 41.2 Å². The summed E-state index contributed by atoms with van der Waals surface area (Å²) in [6.07, 6.45) is 0.769. The summed E-state index contributed by atoms with van der Waals surface area (Å²) < 4.78 is 0. The van der Waals surface area contributed by atoms with Crippen molar-refractivity contribution in [2.45, 2.75) is 13.3 Å². The summed E-state index contributed by atoms with van der Waals surface area (Å²) in [6.45, 7) is 2.00. The number of halogens is 1. The number of nitrogens with two attached hydrogens (primary N) is 1. The van der Waals surface area contributed by atoms with Crippen molar-refractivity contribution >= 4 is 17.4 Å². The highest BCUT2D eigenvalue weighted by Crippen LogP contribution is 2.21. The van der Waals surface area contributed by atoms with E-state index in [4.69, 9.17) is 17.3 Å². The van der Waals surface area contributed by atoms with E-state index in [0.717, 1.165) is 23.5 Å². The number of nitrogen functional groups attached to an aromatic ring is 1. The molecule has 82 valence electrons. The number of benzene rings is 1. The summed E-state index contributed by atoms with van der Waals surface area (Å²) in [7, 11) is 0. The van der Waals surface area contributed by atoms with Crippen LogP contribution in [0.3, 0.4) is 0 Å². The number of hydrogen-bond acceptors (Lipinski definition) is 3. The van der Waals surface area contributed by atoms with Crippen LogP contribution in [-0.2, 0) is 6.42 Å². The number of rotatable bonds is 2. The smallest absolute Gasteiger partial charge is 0.131 e. The summed E-state index contributed by atoms with van der Waals surface area (Å²) in [5.41, 5.74) is 7.55. The molecule has 1 heterocycles. The van der Waals surface area contributed by atoms with Crippen molar-refractivity contribution in [1.29, 1.82) is 0 Å². The van der Waals surface area contributed by atoms with Crippen LogP contribution in [-0.4, -0.2) is 9.97 Å². The van der Waals surface area contributed by atoms with Crippen molar-refractivity contribution in [2.75, 3.05) is 5.73 Å². The third-order valence-corrected chi connectivity index (χ3v) is 2.50. The highest BCUT2D eigenvalue weighted by Gasteiger charge is 2.03. The van der Waals surface area contributed by atoms with Crippen LogP contribution >= 0.6 is 11.6 Å². The summed E-state index contributed by atoms with van der Waals surface area (Å²) in [6, 6.07) is 9.27. The predicted molar refractivity (Wildman–Crippen MR) is 66.3 cm³/mol. The normalized spacial score (nSPS) is 10.4. The first-order valence-corrected chi connectivity index (χ1v) is 5.46. The highest BCUT2D eigenvalue weighted by atomic mass is 35.5. The molecule has 0 aliphatic heterocycles. The Balaban J connectivity index is 2.47. The molecule has 0 spiro atoms. The van der Waals surface area contributed by atoms with E-state index in [1.165, 1.54) is 0 Å². The molecule has 0 saturated carbocycles. The van der Waals surface area contributed by atoms with Crippen LogP contribution in [0, 0.1) is 0 Å². The fourth-order valence-corrected chi connectivity index (χ4v) is 1.57. The lowest BCUT2D eigenvalue weighted by Crippen LogP contribution is -1.99. The van der Waals surface area contributed by atoms with Gasteiger partial charge in [-0.05, 0) is 12.1 Å². The topological polar surface area (TPSA) is 51.8 Å². The summed E-state index contributed by atoms with van der Waals surface area (Å²) in [4.78, 5) is 8.55. The number of nitrogens with zero attached hydrogens (tertiary/aromatic N) is 2. The third kappa shape index (κ3) is 2.31. The molecule has 0 fully saturated rings. The van der Waals surface area contributed by atoms with Gasteiger partial charge in [-0.25, -0.2) is 9.97 Å². The molecule has 0 amide bonds. The maximum Gasteiger partial charge on any atom is 0.131 e. The molecular weight excluding hydrogens is 222 g/mol. The lowest BCUT2D eigenvalue weighted by atomic mass is 10.1. The van der Waals surface area contributed by atoms with E-state index in [0.29, 0.717) is 10.8 Å². The first kappa shape index (κ1) is 10.9. The second kappa shape index (κ2) is 4.49. The summed E-state index contributed by atoms with van der Waals surface area (Å²) in [5.74, 6) is 1.25. The molecule has 0 unspecified atom stereocenters. The number of aryl methyl sites for hydroxylation is 1. The van der Waals surface area contributed by atoms with Gasteiger partial charge in [-0.15, -0.1) is 0 Å². The van der Waals surface area contributed by atoms with Gasteiger partial charge in [0.05, 0.1) is 5.69 Å². The Morgan fingerprint density at radius 3 is 2.50 bits per heavy atom. The van der Waals surface area contributed by atoms with Crippen molar-refractivity contribution < 1.29 is 0 Å². The fraction of sp³-hybridized carbons (Fsp3) is 0.167. The average molecular weight is 234 g/mol. The van der Waals surface area contributed by atoms with E-state index < -0.39 is 0 Å². The van der Waals surface area contributed by atoms with Crippen molar-refractivity contribution in [1.82, 2.24) is 9.97 Å². The molecule has 1 aromatic carbocycles. The maximum atomic E-state index is 5.83. The Morgan fingerprint density at radius 1 is 1.19 bits per heavy atom. The van der Waals surface area contributed by atoms with Crippen LogP contribution in [0.15, 0.2) is 30.3 Å². The van der Waals surface area contributed by atoms with Crippen LogP contribution < -0.4 is 5.73 Å². The standard InChI is InChI=1S/C12H12ClN3/c1-2-12-15-10(7-11(14)16-12)8-3-5-9(13)6-4-8/h3-7H,2H2,1H3,(H2,14,15,16). The number of anilines is 1. The van der Waals surface area contributed by atoms with Gasteiger partial charge in [0.15, 0.2) is 0 Å². The Labute approximate surface area is 99.3 Å². The van der Waals surface area contributed by atoms with Crippen LogP contribution in [0.25, 0.3) is 11.3 Å². The first-order valence-electron chi connectivity index (χ1n) is 5.08. The van der Waals surface area contributed by atoms with E-state index in [-0.39, 0.29) is 0 Å².